The first kappa shape index (κ1) is 5.40. The van der Waals surface area contributed by atoms with Crippen LogP contribution in [0, 0.1) is 29.1 Å². The van der Waals surface area contributed by atoms with Crippen LogP contribution in [0.15, 0.2) is 12.2 Å². The molecule has 0 heteroatoms. The first-order chi connectivity index (χ1) is 5.43. The molecule has 3 unspecified atom stereocenters. The third kappa shape index (κ3) is 0.369. The van der Waals surface area contributed by atoms with Crippen molar-refractivity contribution in [1.29, 1.82) is 0 Å². The summed E-state index contributed by atoms with van der Waals surface area (Å²) in [6.07, 6.45) is 11.3. The molecule has 0 aliphatic heterocycles. The van der Waals surface area contributed by atoms with Gasteiger partial charge in [-0.15, -0.1) is 0 Å². The summed E-state index contributed by atoms with van der Waals surface area (Å²) in [6, 6.07) is 0. The molecule has 0 radical (unpaired) electrons. The van der Waals surface area contributed by atoms with Crippen molar-refractivity contribution in [2.75, 3.05) is 0 Å². The van der Waals surface area contributed by atoms with Gasteiger partial charge in [-0.25, -0.2) is 0 Å². The first-order valence-corrected chi connectivity index (χ1v) is 5.11. The molecular formula is C11H14. The molecular weight excluding hydrogens is 132 g/mol. The Bertz CT molecular complexity index is 253. The van der Waals surface area contributed by atoms with Gasteiger partial charge in [-0.1, -0.05) is 18.6 Å². The second-order valence-electron chi connectivity index (χ2n) is 5.04. The maximum atomic E-state index is 2.55. The third-order valence-electron chi connectivity index (χ3n) is 5.03. The molecule has 1 spiro atoms. The number of fused-ring (bicyclic) bond motifs is 1. The van der Waals surface area contributed by atoms with Crippen LogP contribution in [0.4, 0.5) is 0 Å². The lowest BCUT2D eigenvalue weighted by Crippen LogP contribution is -2.22. The number of allylic oxidation sites excluding steroid dienone is 2. The maximum Gasteiger partial charge on any atom is -0.0132 e. The average molecular weight is 146 g/mol. The van der Waals surface area contributed by atoms with Crippen molar-refractivity contribution in [1.82, 2.24) is 0 Å². The molecule has 0 nitrogen and oxygen atoms in total. The standard InChI is InChI=1S/C11H14/c1-2-7-6-10-9-4-3-8(7)11(9,10)5-1/h3-4,7-10H,1-2,5-6H2/t7-,8?,9?,10?,11+/m1/s1. The molecule has 5 atom stereocenters. The van der Waals surface area contributed by atoms with E-state index >= 15 is 0 Å². The Morgan fingerprint density at radius 1 is 1.18 bits per heavy atom. The van der Waals surface area contributed by atoms with Crippen LogP contribution in [0.3, 0.4) is 0 Å². The van der Waals surface area contributed by atoms with Crippen LogP contribution >= 0.6 is 0 Å². The molecule has 3 saturated carbocycles. The van der Waals surface area contributed by atoms with Crippen LogP contribution in [0.25, 0.3) is 0 Å². The minimum absolute atomic E-state index is 0.878. The molecule has 58 valence electrons. The van der Waals surface area contributed by atoms with E-state index < -0.39 is 0 Å². The van der Waals surface area contributed by atoms with Crippen LogP contribution in [0.5, 0.6) is 0 Å². The van der Waals surface area contributed by atoms with Crippen molar-refractivity contribution in [3.8, 4) is 0 Å². The van der Waals surface area contributed by atoms with Gasteiger partial charge in [-0.3, -0.25) is 0 Å². The summed E-state index contributed by atoms with van der Waals surface area (Å²) >= 11 is 0. The molecule has 11 heavy (non-hydrogen) atoms. The van der Waals surface area contributed by atoms with E-state index in [2.05, 4.69) is 12.2 Å². The Kier molecular flexibility index (Phi) is 0.648. The highest BCUT2D eigenvalue weighted by atomic mass is 14.8. The predicted molar refractivity (Wildman–Crippen MR) is 44.0 cm³/mol. The molecule has 0 aromatic heterocycles. The highest BCUT2D eigenvalue weighted by Crippen LogP contribution is 2.80. The second kappa shape index (κ2) is 1.32. The van der Waals surface area contributed by atoms with Crippen molar-refractivity contribution in [2.24, 2.45) is 29.1 Å². The minimum Gasteiger partial charge on any atom is -0.0842 e. The van der Waals surface area contributed by atoms with Gasteiger partial charge in [0.05, 0.1) is 0 Å². The van der Waals surface area contributed by atoms with Crippen LogP contribution in [-0.4, -0.2) is 0 Å². The van der Waals surface area contributed by atoms with Crippen molar-refractivity contribution < 1.29 is 0 Å². The summed E-state index contributed by atoms with van der Waals surface area (Å²) in [4.78, 5) is 0. The van der Waals surface area contributed by atoms with E-state index in [0.717, 1.165) is 29.1 Å². The summed E-state index contributed by atoms with van der Waals surface area (Å²) in [5, 5.41) is 0. The first-order valence-electron chi connectivity index (χ1n) is 5.11. The van der Waals surface area contributed by atoms with Crippen LogP contribution in [0.1, 0.15) is 25.7 Å². The highest BCUT2D eigenvalue weighted by molar-refractivity contribution is 5.34. The van der Waals surface area contributed by atoms with E-state index in [4.69, 9.17) is 0 Å². The van der Waals surface area contributed by atoms with Gasteiger partial charge >= 0.3 is 0 Å². The van der Waals surface area contributed by atoms with E-state index in [-0.39, 0.29) is 0 Å². The smallest absolute Gasteiger partial charge is 0.0132 e. The number of rotatable bonds is 0. The Labute approximate surface area is 67.7 Å². The molecule has 4 rings (SSSR count). The van der Waals surface area contributed by atoms with E-state index in [1.807, 2.05) is 0 Å². The zero-order valence-electron chi connectivity index (χ0n) is 6.79. The number of hydrogen-bond acceptors (Lipinski definition) is 0. The van der Waals surface area contributed by atoms with Gasteiger partial charge in [-0.2, -0.15) is 0 Å². The zero-order valence-corrected chi connectivity index (χ0v) is 6.79. The van der Waals surface area contributed by atoms with Gasteiger partial charge in [0.15, 0.2) is 0 Å². The summed E-state index contributed by atoms with van der Waals surface area (Å²) in [5.41, 5.74) is 0.878. The summed E-state index contributed by atoms with van der Waals surface area (Å²) in [6.45, 7) is 0. The highest BCUT2D eigenvalue weighted by Gasteiger charge is 2.74. The molecule has 4 aliphatic carbocycles. The van der Waals surface area contributed by atoms with E-state index in [0.29, 0.717) is 0 Å². The van der Waals surface area contributed by atoms with Crippen LogP contribution < -0.4 is 0 Å². The Morgan fingerprint density at radius 3 is 3.00 bits per heavy atom. The molecule has 0 N–H and O–H groups in total. The second-order valence-corrected chi connectivity index (χ2v) is 5.04. The molecule has 4 aliphatic rings. The summed E-state index contributed by atoms with van der Waals surface area (Å²) < 4.78 is 0. The lowest BCUT2D eigenvalue weighted by molar-refractivity contribution is 0.219. The fourth-order valence-corrected chi connectivity index (χ4v) is 4.70. The Hall–Kier alpha value is -0.260. The van der Waals surface area contributed by atoms with Crippen molar-refractivity contribution in [3.63, 3.8) is 0 Å². The molecule has 0 amide bonds. The predicted octanol–water partition coefficient (Wildman–Crippen LogP) is 2.61. The van der Waals surface area contributed by atoms with Crippen LogP contribution in [-0.2, 0) is 0 Å². The average Bonchev–Trinajstić information content (AvgIpc) is 2.41. The number of hydrogen-bond donors (Lipinski definition) is 0. The van der Waals surface area contributed by atoms with Gasteiger partial charge in [0, 0.05) is 0 Å². The molecule has 0 aromatic rings. The van der Waals surface area contributed by atoms with Crippen molar-refractivity contribution in [2.45, 2.75) is 25.7 Å². The van der Waals surface area contributed by atoms with Gasteiger partial charge < -0.3 is 0 Å². The molecule has 0 heterocycles. The Morgan fingerprint density at radius 2 is 2.09 bits per heavy atom. The molecule has 2 bridgehead atoms. The van der Waals surface area contributed by atoms with Crippen molar-refractivity contribution in [3.05, 3.63) is 12.2 Å². The topological polar surface area (TPSA) is 0 Å². The SMILES string of the molecule is C1=CC2[C@@H]3CCC[C@@]24C1C4C3. The van der Waals surface area contributed by atoms with E-state index in [1.54, 1.807) is 19.3 Å². The fraction of sp³-hybridized carbons (Fsp3) is 0.818. The molecule has 0 saturated heterocycles. The quantitative estimate of drug-likeness (QED) is 0.461. The summed E-state index contributed by atoms with van der Waals surface area (Å²) in [7, 11) is 0. The van der Waals surface area contributed by atoms with Gasteiger partial charge in [0.25, 0.3) is 0 Å². The minimum atomic E-state index is 0.878. The van der Waals surface area contributed by atoms with Crippen LogP contribution in [0.2, 0.25) is 0 Å². The lowest BCUT2D eigenvalue weighted by atomic mass is 9.75. The lowest BCUT2D eigenvalue weighted by Gasteiger charge is -2.30. The van der Waals surface area contributed by atoms with Gasteiger partial charge in [0.2, 0.25) is 0 Å². The maximum absolute atomic E-state index is 2.55. The van der Waals surface area contributed by atoms with E-state index in [9.17, 15) is 0 Å². The fourth-order valence-electron chi connectivity index (χ4n) is 4.70. The largest absolute Gasteiger partial charge is 0.0842 e. The van der Waals surface area contributed by atoms with E-state index in [1.165, 1.54) is 6.42 Å². The zero-order chi connectivity index (χ0) is 7.05. The van der Waals surface area contributed by atoms with Gasteiger partial charge in [-0.05, 0) is 48.3 Å². The molecule has 0 aromatic carbocycles. The third-order valence-corrected chi connectivity index (χ3v) is 5.03. The summed E-state index contributed by atoms with van der Waals surface area (Å²) in [5.74, 6) is 4.38. The molecule has 3 fully saturated rings. The monoisotopic (exact) mass is 146 g/mol. The normalized spacial score (nSPS) is 68.4. The van der Waals surface area contributed by atoms with Gasteiger partial charge in [0.1, 0.15) is 0 Å². The Balaban J connectivity index is 1.92. The van der Waals surface area contributed by atoms with Crippen molar-refractivity contribution >= 4 is 0 Å².